The van der Waals surface area contributed by atoms with Crippen LogP contribution in [0.3, 0.4) is 0 Å². The minimum Gasteiger partial charge on any atom is -0.391 e. The first-order chi connectivity index (χ1) is 6.15. The van der Waals surface area contributed by atoms with Gasteiger partial charge in [0.15, 0.2) is 0 Å². The molecule has 1 unspecified atom stereocenters. The summed E-state index contributed by atoms with van der Waals surface area (Å²) in [5.74, 6) is 0. The molecule has 1 aromatic heterocycles. The van der Waals surface area contributed by atoms with E-state index < -0.39 is 17.4 Å². The van der Waals surface area contributed by atoms with Crippen molar-refractivity contribution < 1.29 is 5.11 Å². The highest BCUT2D eigenvalue weighted by Crippen LogP contribution is 1.90. The molecule has 0 saturated carbocycles. The van der Waals surface area contributed by atoms with E-state index in [1.807, 2.05) is 0 Å². The van der Waals surface area contributed by atoms with Crippen molar-refractivity contribution in [1.82, 2.24) is 9.55 Å². The van der Waals surface area contributed by atoms with Gasteiger partial charge in [-0.1, -0.05) is 6.92 Å². The number of aromatic nitrogens is 2. The second kappa shape index (κ2) is 4.04. The van der Waals surface area contributed by atoms with Gasteiger partial charge >= 0.3 is 5.69 Å². The molecule has 0 aliphatic rings. The highest BCUT2D eigenvalue weighted by Gasteiger charge is 2.05. The van der Waals surface area contributed by atoms with Gasteiger partial charge in [-0.3, -0.25) is 9.36 Å². The number of aromatic amines is 1. The van der Waals surface area contributed by atoms with Crippen molar-refractivity contribution in [3.05, 3.63) is 33.1 Å². The van der Waals surface area contributed by atoms with Crippen LogP contribution in [-0.2, 0) is 6.54 Å². The molecule has 1 heterocycles. The van der Waals surface area contributed by atoms with Crippen LogP contribution in [0, 0.1) is 0 Å². The van der Waals surface area contributed by atoms with Crippen LogP contribution in [-0.4, -0.2) is 20.8 Å². The van der Waals surface area contributed by atoms with Gasteiger partial charge in [0.1, 0.15) is 0 Å². The summed E-state index contributed by atoms with van der Waals surface area (Å²) < 4.78 is 0.980. The molecule has 0 amide bonds. The number of hydrogen-bond donors (Lipinski definition) is 2. The van der Waals surface area contributed by atoms with Gasteiger partial charge in [0, 0.05) is 12.3 Å². The number of nitrogens with one attached hydrogen (secondary N) is 1. The van der Waals surface area contributed by atoms with E-state index in [9.17, 15) is 14.7 Å². The average molecular weight is 184 g/mol. The van der Waals surface area contributed by atoms with E-state index in [-0.39, 0.29) is 6.54 Å². The Hall–Kier alpha value is -1.36. The van der Waals surface area contributed by atoms with Gasteiger partial charge in [0.05, 0.1) is 12.6 Å². The van der Waals surface area contributed by atoms with Crippen LogP contribution in [0.4, 0.5) is 0 Å². The molecule has 2 N–H and O–H groups in total. The van der Waals surface area contributed by atoms with E-state index in [1.165, 1.54) is 12.3 Å². The summed E-state index contributed by atoms with van der Waals surface area (Å²) >= 11 is 0. The fraction of sp³-hybridized carbons (Fsp3) is 0.500. The van der Waals surface area contributed by atoms with E-state index in [0.717, 1.165) is 4.57 Å². The van der Waals surface area contributed by atoms with Crippen LogP contribution >= 0.6 is 0 Å². The molecule has 13 heavy (non-hydrogen) atoms. The fourth-order valence-electron chi connectivity index (χ4n) is 0.965. The van der Waals surface area contributed by atoms with Crippen LogP contribution in [0.15, 0.2) is 21.9 Å². The molecule has 0 saturated heterocycles. The molecule has 0 radical (unpaired) electrons. The third kappa shape index (κ3) is 2.29. The Morgan fingerprint density at radius 2 is 2.31 bits per heavy atom. The maximum absolute atomic E-state index is 11.1. The zero-order chi connectivity index (χ0) is 9.84. The first kappa shape index (κ1) is 9.73. The van der Waals surface area contributed by atoms with Gasteiger partial charge in [0.25, 0.3) is 5.56 Å². The minimum absolute atomic E-state index is 0.0471. The number of aliphatic hydroxyl groups excluding tert-OH is 1. The fourth-order valence-corrected chi connectivity index (χ4v) is 0.965. The smallest absolute Gasteiger partial charge is 0.328 e. The number of rotatable bonds is 3. The average Bonchev–Trinajstić information content (AvgIpc) is 2.11. The van der Waals surface area contributed by atoms with Crippen molar-refractivity contribution in [2.45, 2.75) is 26.0 Å². The molecule has 1 rings (SSSR count). The van der Waals surface area contributed by atoms with Crippen molar-refractivity contribution >= 4 is 0 Å². The molecule has 5 nitrogen and oxygen atoms in total. The summed E-state index contributed by atoms with van der Waals surface area (Å²) in [7, 11) is 0. The van der Waals surface area contributed by atoms with Crippen LogP contribution in [0.25, 0.3) is 0 Å². The van der Waals surface area contributed by atoms with Crippen molar-refractivity contribution in [2.24, 2.45) is 0 Å². The van der Waals surface area contributed by atoms with E-state index >= 15 is 0 Å². The van der Waals surface area contributed by atoms with Crippen molar-refractivity contribution in [2.75, 3.05) is 0 Å². The maximum Gasteiger partial charge on any atom is 0.328 e. The van der Waals surface area contributed by atoms with Crippen LogP contribution in [0.5, 0.6) is 0 Å². The molecular formula is C8H12N2O3. The van der Waals surface area contributed by atoms with Gasteiger partial charge < -0.3 is 10.1 Å². The predicted octanol–water partition coefficient (Wildman–Crippen LogP) is -0.693. The standard InChI is InChI=1S/C8H12N2O3/c1-2-6(11)5-10-7(12)3-4-9-8(10)13/h3-4,6,11H,2,5H2,1H3,(H,9,13). The molecule has 72 valence electrons. The zero-order valence-corrected chi connectivity index (χ0v) is 7.36. The Balaban J connectivity index is 3.01. The molecule has 0 aliphatic carbocycles. The summed E-state index contributed by atoms with van der Waals surface area (Å²) in [6.45, 7) is 1.83. The Labute approximate surface area is 74.7 Å². The Morgan fingerprint density at radius 1 is 1.62 bits per heavy atom. The third-order valence-corrected chi connectivity index (χ3v) is 1.81. The second-order valence-electron chi connectivity index (χ2n) is 2.79. The quantitative estimate of drug-likeness (QED) is 0.652. The zero-order valence-electron chi connectivity index (χ0n) is 7.36. The predicted molar refractivity (Wildman–Crippen MR) is 47.6 cm³/mol. The molecule has 0 spiro atoms. The lowest BCUT2D eigenvalue weighted by Crippen LogP contribution is -2.37. The lowest BCUT2D eigenvalue weighted by atomic mass is 10.3. The molecule has 0 bridgehead atoms. The summed E-state index contributed by atoms with van der Waals surface area (Å²) in [6.07, 6.45) is 1.15. The lowest BCUT2D eigenvalue weighted by Gasteiger charge is -2.07. The number of H-pyrrole nitrogens is 1. The highest BCUT2D eigenvalue weighted by atomic mass is 16.3. The minimum atomic E-state index is -0.652. The largest absolute Gasteiger partial charge is 0.391 e. The molecular weight excluding hydrogens is 172 g/mol. The van der Waals surface area contributed by atoms with Gasteiger partial charge in [0.2, 0.25) is 0 Å². The van der Waals surface area contributed by atoms with Gasteiger partial charge in [-0.2, -0.15) is 0 Å². The Bertz CT molecular complexity index is 351. The molecule has 0 fully saturated rings. The highest BCUT2D eigenvalue weighted by molar-refractivity contribution is 4.83. The molecule has 1 atom stereocenters. The number of aliphatic hydroxyl groups is 1. The maximum atomic E-state index is 11.1. The normalized spacial score (nSPS) is 12.8. The van der Waals surface area contributed by atoms with E-state index in [2.05, 4.69) is 4.98 Å². The summed E-state index contributed by atoms with van der Waals surface area (Å²) in [6, 6.07) is 1.25. The lowest BCUT2D eigenvalue weighted by molar-refractivity contribution is 0.147. The van der Waals surface area contributed by atoms with Gasteiger partial charge in [-0.25, -0.2) is 4.79 Å². The van der Waals surface area contributed by atoms with Gasteiger partial charge in [-0.15, -0.1) is 0 Å². The Morgan fingerprint density at radius 3 is 2.85 bits per heavy atom. The SMILES string of the molecule is CCC(O)Cn1c(=O)cc[nH]c1=O. The molecule has 0 aromatic carbocycles. The van der Waals surface area contributed by atoms with Gasteiger partial charge in [-0.05, 0) is 6.42 Å². The monoisotopic (exact) mass is 184 g/mol. The first-order valence-electron chi connectivity index (χ1n) is 4.11. The first-order valence-corrected chi connectivity index (χ1v) is 4.11. The topological polar surface area (TPSA) is 75.1 Å². The van der Waals surface area contributed by atoms with E-state index in [0.29, 0.717) is 6.42 Å². The van der Waals surface area contributed by atoms with Crippen LogP contribution in [0.2, 0.25) is 0 Å². The Kier molecular flexibility index (Phi) is 3.02. The summed E-state index contributed by atoms with van der Waals surface area (Å²) in [5, 5.41) is 9.25. The molecule has 5 heteroatoms. The van der Waals surface area contributed by atoms with E-state index in [1.54, 1.807) is 6.92 Å². The summed E-state index contributed by atoms with van der Waals surface area (Å²) in [4.78, 5) is 24.6. The number of hydrogen-bond acceptors (Lipinski definition) is 3. The summed E-state index contributed by atoms with van der Waals surface area (Å²) in [5.41, 5.74) is -0.878. The third-order valence-electron chi connectivity index (χ3n) is 1.81. The number of nitrogens with zero attached hydrogens (tertiary/aromatic N) is 1. The molecule has 1 aromatic rings. The van der Waals surface area contributed by atoms with Crippen molar-refractivity contribution in [3.63, 3.8) is 0 Å². The van der Waals surface area contributed by atoms with Crippen molar-refractivity contribution in [3.8, 4) is 0 Å². The van der Waals surface area contributed by atoms with Crippen LogP contribution < -0.4 is 11.2 Å². The second-order valence-corrected chi connectivity index (χ2v) is 2.79. The van der Waals surface area contributed by atoms with Crippen LogP contribution in [0.1, 0.15) is 13.3 Å². The van der Waals surface area contributed by atoms with Crippen molar-refractivity contribution in [1.29, 1.82) is 0 Å². The molecule has 0 aliphatic heterocycles. The van der Waals surface area contributed by atoms with E-state index in [4.69, 9.17) is 0 Å².